The van der Waals surface area contributed by atoms with Gasteiger partial charge in [-0.1, -0.05) is 19.8 Å². The van der Waals surface area contributed by atoms with Gasteiger partial charge in [0.05, 0.1) is 14.2 Å². The van der Waals surface area contributed by atoms with E-state index in [0.717, 1.165) is 42.9 Å². The number of benzene rings is 1. The molecule has 6 nitrogen and oxygen atoms in total. The molecule has 1 saturated heterocycles. The minimum atomic E-state index is -0.0872. The normalized spacial score (nSPS) is 22.9. The molecule has 0 bridgehead atoms. The zero-order chi connectivity index (χ0) is 22.9. The number of amides is 1. The van der Waals surface area contributed by atoms with Gasteiger partial charge in [-0.05, 0) is 76.0 Å². The van der Waals surface area contributed by atoms with E-state index in [4.69, 9.17) is 9.47 Å². The van der Waals surface area contributed by atoms with E-state index in [2.05, 4.69) is 29.1 Å². The molecule has 1 saturated carbocycles. The van der Waals surface area contributed by atoms with Crippen LogP contribution < -0.4 is 14.8 Å². The summed E-state index contributed by atoms with van der Waals surface area (Å²) in [6, 6.07) is 7.00. The first-order valence-corrected chi connectivity index (χ1v) is 12.1. The molecule has 1 aliphatic carbocycles. The van der Waals surface area contributed by atoms with E-state index in [1.807, 2.05) is 18.2 Å². The molecule has 1 aromatic carbocycles. The van der Waals surface area contributed by atoms with Crippen LogP contribution in [0.15, 0.2) is 24.3 Å². The topological polar surface area (TPSA) is 54.0 Å². The molecule has 0 spiro atoms. The Bertz CT molecular complexity index is 759. The quantitative estimate of drug-likeness (QED) is 0.588. The van der Waals surface area contributed by atoms with Gasteiger partial charge >= 0.3 is 0 Å². The van der Waals surface area contributed by atoms with Crippen molar-refractivity contribution in [1.29, 1.82) is 0 Å². The number of nitrogens with one attached hydrogen (secondary N) is 1. The van der Waals surface area contributed by atoms with Gasteiger partial charge in [-0.15, -0.1) is 0 Å². The number of nitrogens with zero attached hydrogens (tertiary/aromatic N) is 2. The number of carbonyl (C=O) groups is 1. The Kier molecular flexibility index (Phi) is 9.42. The Morgan fingerprint density at radius 3 is 2.59 bits per heavy atom. The van der Waals surface area contributed by atoms with E-state index in [1.165, 1.54) is 38.5 Å². The number of carbonyl (C=O) groups excluding carboxylic acids is 1. The molecule has 2 atom stereocenters. The number of hydrogen-bond acceptors (Lipinski definition) is 5. The molecule has 1 N–H and O–H groups in total. The highest BCUT2D eigenvalue weighted by molar-refractivity contribution is 5.92. The van der Waals surface area contributed by atoms with Gasteiger partial charge in [0.15, 0.2) is 0 Å². The standard InChI is InChI=1S/C26H41N3O3/c1-20-7-5-6-8-24(20)28(2)22-13-16-29(17-14-22)18-15-27-26(30)12-9-21-19-23(31-3)10-11-25(21)32-4/h9-12,19-20,22,24H,5-8,13-18H2,1-4H3,(H,27,30)/b12-9+. The van der Waals surface area contributed by atoms with E-state index in [-0.39, 0.29) is 5.91 Å². The van der Waals surface area contributed by atoms with Crippen LogP contribution in [0.1, 0.15) is 51.0 Å². The Balaban J connectivity index is 1.38. The van der Waals surface area contributed by atoms with Crippen LogP contribution in [0.2, 0.25) is 0 Å². The van der Waals surface area contributed by atoms with Crippen molar-refractivity contribution in [2.75, 3.05) is 47.4 Å². The number of ether oxygens (including phenoxy) is 2. The Labute approximate surface area is 193 Å². The van der Waals surface area contributed by atoms with E-state index < -0.39 is 0 Å². The average Bonchev–Trinajstić information content (AvgIpc) is 2.83. The smallest absolute Gasteiger partial charge is 0.244 e. The second kappa shape index (κ2) is 12.3. The second-order valence-corrected chi connectivity index (χ2v) is 9.30. The highest BCUT2D eigenvalue weighted by Gasteiger charge is 2.31. The third-order valence-electron chi connectivity index (χ3n) is 7.30. The lowest BCUT2D eigenvalue weighted by Gasteiger charge is -2.44. The zero-order valence-electron chi connectivity index (χ0n) is 20.3. The minimum absolute atomic E-state index is 0.0872. The minimum Gasteiger partial charge on any atom is -0.497 e. The Morgan fingerprint density at radius 2 is 1.91 bits per heavy atom. The van der Waals surface area contributed by atoms with Gasteiger partial charge in [-0.25, -0.2) is 0 Å². The predicted octanol–water partition coefficient (Wildman–Crippen LogP) is 3.81. The largest absolute Gasteiger partial charge is 0.497 e. The molecular weight excluding hydrogens is 402 g/mol. The van der Waals surface area contributed by atoms with Crippen molar-refractivity contribution >= 4 is 12.0 Å². The highest BCUT2D eigenvalue weighted by Crippen LogP contribution is 2.30. The SMILES string of the molecule is COc1ccc(OC)c(/C=C/C(=O)NCCN2CCC(N(C)C3CCCCC3C)CC2)c1. The van der Waals surface area contributed by atoms with Gasteiger partial charge in [-0.2, -0.15) is 0 Å². The van der Waals surface area contributed by atoms with Crippen LogP contribution in [0, 0.1) is 5.92 Å². The molecule has 3 rings (SSSR count). The maximum absolute atomic E-state index is 12.3. The fraction of sp³-hybridized carbons (Fsp3) is 0.654. The van der Waals surface area contributed by atoms with E-state index in [0.29, 0.717) is 18.3 Å². The Hall–Kier alpha value is -2.05. The maximum atomic E-state index is 12.3. The third kappa shape index (κ3) is 6.72. The maximum Gasteiger partial charge on any atom is 0.244 e. The lowest BCUT2D eigenvalue weighted by Crippen LogP contribution is -2.50. The van der Waals surface area contributed by atoms with Crippen LogP contribution in [0.3, 0.4) is 0 Å². The number of hydrogen-bond donors (Lipinski definition) is 1. The molecule has 1 heterocycles. The molecule has 2 unspecified atom stereocenters. The summed E-state index contributed by atoms with van der Waals surface area (Å²) in [5.41, 5.74) is 0.820. The fourth-order valence-corrected chi connectivity index (χ4v) is 5.25. The lowest BCUT2D eigenvalue weighted by atomic mass is 9.84. The summed E-state index contributed by atoms with van der Waals surface area (Å²) < 4.78 is 10.6. The van der Waals surface area contributed by atoms with Gasteiger partial charge < -0.3 is 24.6 Å². The van der Waals surface area contributed by atoms with Gasteiger partial charge in [0.1, 0.15) is 11.5 Å². The highest BCUT2D eigenvalue weighted by atomic mass is 16.5. The summed E-state index contributed by atoms with van der Waals surface area (Å²) in [6.07, 6.45) is 11.3. The van der Waals surface area contributed by atoms with Crippen LogP contribution in [0.4, 0.5) is 0 Å². The molecule has 0 aromatic heterocycles. The van der Waals surface area contributed by atoms with E-state index in [9.17, 15) is 4.79 Å². The summed E-state index contributed by atoms with van der Waals surface area (Å²) in [7, 11) is 5.59. The first-order chi connectivity index (χ1) is 15.5. The molecule has 1 amide bonds. The first kappa shape index (κ1) is 24.6. The third-order valence-corrected chi connectivity index (χ3v) is 7.30. The molecule has 0 radical (unpaired) electrons. The van der Waals surface area contributed by atoms with Crippen molar-refractivity contribution in [1.82, 2.24) is 15.1 Å². The van der Waals surface area contributed by atoms with E-state index >= 15 is 0 Å². The molecule has 1 aromatic rings. The number of methoxy groups -OCH3 is 2. The van der Waals surface area contributed by atoms with Crippen LogP contribution in [0.25, 0.3) is 6.08 Å². The van der Waals surface area contributed by atoms with Gasteiger partial charge in [-0.3, -0.25) is 4.79 Å². The predicted molar refractivity (Wildman–Crippen MR) is 130 cm³/mol. The van der Waals surface area contributed by atoms with Crippen molar-refractivity contribution in [2.24, 2.45) is 5.92 Å². The number of likely N-dealkylation sites (tertiary alicyclic amines) is 1. The Morgan fingerprint density at radius 1 is 1.16 bits per heavy atom. The fourth-order valence-electron chi connectivity index (χ4n) is 5.25. The van der Waals surface area contributed by atoms with Crippen LogP contribution in [-0.4, -0.2) is 75.2 Å². The number of rotatable bonds is 9. The monoisotopic (exact) mass is 443 g/mol. The molecule has 178 valence electrons. The zero-order valence-corrected chi connectivity index (χ0v) is 20.3. The molecule has 32 heavy (non-hydrogen) atoms. The van der Waals surface area contributed by atoms with Crippen LogP contribution >= 0.6 is 0 Å². The molecule has 2 fully saturated rings. The molecule has 6 heteroatoms. The van der Waals surface area contributed by atoms with Crippen LogP contribution in [0.5, 0.6) is 11.5 Å². The summed E-state index contributed by atoms with van der Waals surface area (Å²) in [5, 5.41) is 3.01. The van der Waals surface area contributed by atoms with Crippen molar-refractivity contribution in [3.8, 4) is 11.5 Å². The summed E-state index contributed by atoms with van der Waals surface area (Å²) >= 11 is 0. The van der Waals surface area contributed by atoms with Crippen molar-refractivity contribution in [3.63, 3.8) is 0 Å². The van der Waals surface area contributed by atoms with Gasteiger partial charge in [0.2, 0.25) is 5.91 Å². The number of piperidine rings is 1. The lowest BCUT2D eigenvalue weighted by molar-refractivity contribution is -0.116. The van der Waals surface area contributed by atoms with Crippen LogP contribution in [-0.2, 0) is 4.79 Å². The summed E-state index contributed by atoms with van der Waals surface area (Å²) in [4.78, 5) is 17.4. The first-order valence-electron chi connectivity index (χ1n) is 12.1. The average molecular weight is 444 g/mol. The molecule has 1 aliphatic heterocycles. The van der Waals surface area contributed by atoms with Gasteiger partial charge in [0, 0.05) is 36.8 Å². The summed E-state index contributed by atoms with van der Waals surface area (Å²) in [5.74, 6) is 2.19. The molecule has 2 aliphatic rings. The van der Waals surface area contributed by atoms with Crippen molar-refractivity contribution in [2.45, 2.75) is 57.5 Å². The summed E-state index contributed by atoms with van der Waals surface area (Å²) in [6.45, 7) is 6.22. The van der Waals surface area contributed by atoms with E-state index in [1.54, 1.807) is 26.4 Å². The van der Waals surface area contributed by atoms with Crippen molar-refractivity contribution < 1.29 is 14.3 Å². The van der Waals surface area contributed by atoms with Crippen molar-refractivity contribution in [3.05, 3.63) is 29.8 Å². The second-order valence-electron chi connectivity index (χ2n) is 9.30. The molecular formula is C26H41N3O3. The van der Waals surface area contributed by atoms with Gasteiger partial charge in [0.25, 0.3) is 0 Å².